The van der Waals surface area contributed by atoms with Gasteiger partial charge in [-0.2, -0.15) is 0 Å². The predicted molar refractivity (Wildman–Crippen MR) is 102 cm³/mol. The maximum Gasteiger partial charge on any atom is 0.360 e. The summed E-state index contributed by atoms with van der Waals surface area (Å²) in [7, 11) is 1.26. The molecule has 5 aromatic heterocycles. The number of hydrogen-bond acceptors (Lipinski definition) is 11. The van der Waals surface area contributed by atoms with Crippen molar-refractivity contribution < 1.29 is 27.2 Å². The lowest BCUT2D eigenvalue weighted by Crippen LogP contribution is -2.00. The molecule has 0 atom stereocenters. The molecule has 0 unspecified atom stereocenters. The average Bonchev–Trinajstić information content (AvgIpc) is 3.59. The molecule has 0 saturated carbocycles. The van der Waals surface area contributed by atoms with Gasteiger partial charge in [-0.1, -0.05) is 6.07 Å². The van der Waals surface area contributed by atoms with Crippen LogP contribution in [0.3, 0.4) is 0 Å². The first-order valence-corrected chi connectivity index (χ1v) is 8.96. The van der Waals surface area contributed by atoms with E-state index in [9.17, 15) is 4.79 Å². The van der Waals surface area contributed by atoms with Gasteiger partial charge in [-0.05, 0) is 19.1 Å². The molecule has 0 fully saturated rings. The molecule has 0 saturated heterocycles. The molecule has 0 bridgehead atoms. The van der Waals surface area contributed by atoms with Crippen LogP contribution in [0.25, 0.3) is 46.3 Å². The zero-order chi connectivity index (χ0) is 21.4. The van der Waals surface area contributed by atoms with Crippen molar-refractivity contribution in [3.8, 4) is 46.3 Å². The Labute approximate surface area is 173 Å². The lowest BCUT2D eigenvalue weighted by molar-refractivity contribution is 0.0594. The Morgan fingerprint density at radius 1 is 0.710 bits per heavy atom. The van der Waals surface area contributed by atoms with E-state index in [-0.39, 0.29) is 23.4 Å². The first-order chi connectivity index (χ1) is 15.1. The number of rotatable bonds is 5. The molecule has 0 aliphatic rings. The summed E-state index contributed by atoms with van der Waals surface area (Å²) in [6.07, 6.45) is 5.51. The Hall–Kier alpha value is -4.54. The fourth-order valence-corrected chi connectivity index (χ4v) is 2.71. The van der Waals surface area contributed by atoms with Crippen molar-refractivity contribution in [1.29, 1.82) is 0 Å². The van der Waals surface area contributed by atoms with E-state index in [1.54, 1.807) is 18.2 Å². The molecule has 0 aromatic carbocycles. The summed E-state index contributed by atoms with van der Waals surface area (Å²) >= 11 is 0. The van der Waals surface area contributed by atoms with Crippen LogP contribution in [0.1, 0.15) is 16.2 Å². The summed E-state index contributed by atoms with van der Waals surface area (Å²) < 4.78 is 26.2. The number of nitrogens with zero attached hydrogens (tertiary/aromatic N) is 5. The Bertz CT molecular complexity index is 1380. The molecule has 11 heteroatoms. The van der Waals surface area contributed by atoms with Crippen molar-refractivity contribution in [2.75, 3.05) is 7.11 Å². The Kier molecular flexibility index (Phi) is 4.40. The highest BCUT2D eigenvalue weighted by Gasteiger charge is 2.19. The number of esters is 1. The fraction of sp³-hybridized carbons (Fsp3) is 0.100. The third-order valence-corrected chi connectivity index (χ3v) is 4.15. The molecule has 0 spiro atoms. The van der Waals surface area contributed by atoms with Gasteiger partial charge in [0.15, 0.2) is 17.1 Å². The number of aromatic nitrogens is 5. The molecule has 0 radical (unpaired) electrons. The molecule has 31 heavy (non-hydrogen) atoms. The summed E-state index contributed by atoms with van der Waals surface area (Å²) in [5.41, 5.74) is 2.44. The summed E-state index contributed by atoms with van der Waals surface area (Å²) in [6.45, 7) is 1.82. The van der Waals surface area contributed by atoms with Crippen LogP contribution in [-0.4, -0.2) is 38.0 Å². The van der Waals surface area contributed by atoms with E-state index in [0.717, 1.165) is 5.69 Å². The van der Waals surface area contributed by atoms with Crippen LogP contribution >= 0.6 is 0 Å². The van der Waals surface area contributed by atoms with Gasteiger partial charge in [0.25, 0.3) is 0 Å². The van der Waals surface area contributed by atoms with Crippen LogP contribution in [-0.2, 0) is 4.74 Å². The maximum atomic E-state index is 11.5. The van der Waals surface area contributed by atoms with E-state index in [1.807, 2.05) is 6.92 Å². The summed E-state index contributed by atoms with van der Waals surface area (Å²) in [5.74, 6) is 0.376. The number of oxazole rings is 4. The van der Waals surface area contributed by atoms with E-state index in [0.29, 0.717) is 28.7 Å². The second-order valence-corrected chi connectivity index (χ2v) is 6.31. The molecule has 0 amide bonds. The summed E-state index contributed by atoms with van der Waals surface area (Å²) in [5, 5.41) is 0. The summed E-state index contributed by atoms with van der Waals surface area (Å²) in [6, 6.07) is 5.22. The number of methoxy groups -OCH3 is 1. The minimum absolute atomic E-state index is 0.0307. The lowest BCUT2D eigenvalue weighted by atomic mass is 10.3. The molecular formula is C20H13N5O6. The second kappa shape index (κ2) is 7.37. The van der Waals surface area contributed by atoms with Gasteiger partial charge in [0, 0.05) is 0 Å². The highest BCUT2D eigenvalue weighted by molar-refractivity contribution is 5.87. The van der Waals surface area contributed by atoms with Crippen molar-refractivity contribution in [1.82, 2.24) is 24.9 Å². The van der Waals surface area contributed by atoms with Crippen LogP contribution in [0.15, 0.2) is 60.9 Å². The van der Waals surface area contributed by atoms with Crippen LogP contribution in [0.2, 0.25) is 0 Å². The predicted octanol–water partition coefficient (Wildman–Crippen LogP) is 3.80. The van der Waals surface area contributed by atoms with E-state index in [2.05, 4.69) is 29.7 Å². The minimum atomic E-state index is -0.613. The van der Waals surface area contributed by atoms with Crippen molar-refractivity contribution in [3.63, 3.8) is 0 Å². The SMILES string of the molecule is COC(=O)c1coc(-c2coc(-c3cccc(-c4nc(-c5nc(C)co5)co4)n3)n2)n1. The van der Waals surface area contributed by atoms with Gasteiger partial charge in [0.2, 0.25) is 23.6 Å². The van der Waals surface area contributed by atoms with Gasteiger partial charge in [0.1, 0.15) is 36.4 Å². The zero-order valence-corrected chi connectivity index (χ0v) is 16.2. The monoisotopic (exact) mass is 419 g/mol. The molecule has 154 valence electrons. The van der Waals surface area contributed by atoms with E-state index in [4.69, 9.17) is 17.7 Å². The highest BCUT2D eigenvalue weighted by Crippen LogP contribution is 2.27. The molecule has 0 aliphatic heterocycles. The second-order valence-electron chi connectivity index (χ2n) is 6.31. The first-order valence-electron chi connectivity index (χ1n) is 8.96. The van der Waals surface area contributed by atoms with Gasteiger partial charge >= 0.3 is 5.97 Å². The van der Waals surface area contributed by atoms with E-state index in [1.165, 1.54) is 32.2 Å². The lowest BCUT2D eigenvalue weighted by Gasteiger charge is -1.97. The largest absolute Gasteiger partial charge is 0.464 e. The van der Waals surface area contributed by atoms with Gasteiger partial charge < -0.3 is 22.4 Å². The quantitative estimate of drug-likeness (QED) is 0.384. The third-order valence-electron chi connectivity index (χ3n) is 4.15. The van der Waals surface area contributed by atoms with E-state index < -0.39 is 5.97 Å². The number of pyridine rings is 1. The number of carbonyl (C=O) groups excluding carboxylic acids is 1. The Morgan fingerprint density at radius 2 is 1.26 bits per heavy atom. The summed E-state index contributed by atoms with van der Waals surface area (Å²) in [4.78, 5) is 33.0. The molecule has 0 N–H and O–H groups in total. The number of hydrogen-bond donors (Lipinski definition) is 0. The van der Waals surface area contributed by atoms with Crippen LogP contribution in [0.5, 0.6) is 0 Å². The smallest absolute Gasteiger partial charge is 0.360 e. The van der Waals surface area contributed by atoms with Crippen molar-refractivity contribution in [2.45, 2.75) is 6.92 Å². The maximum absolute atomic E-state index is 11.5. The minimum Gasteiger partial charge on any atom is -0.464 e. The van der Waals surface area contributed by atoms with Gasteiger partial charge in [0.05, 0.1) is 12.8 Å². The van der Waals surface area contributed by atoms with Gasteiger partial charge in [-0.3, -0.25) is 0 Å². The number of ether oxygens (including phenoxy) is 1. The van der Waals surface area contributed by atoms with Gasteiger partial charge in [-0.15, -0.1) is 0 Å². The number of aryl methyl sites for hydroxylation is 1. The third kappa shape index (κ3) is 3.48. The van der Waals surface area contributed by atoms with Crippen molar-refractivity contribution >= 4 is 5.97 Å². The molecule has 5 heterocycles. The molecule has 5 aromatic rings. The molecular weight excluding hydrogens is 406 g/mol. The van der Waals surface area contributed by atoms with Crippen LogP contribution in [0, 0.1) is 6.92 Å². The average molecular weight is 419 g/mol. The zero-order valence-electron chi connectivity index (χ0n) is 16.2. The normalized spacial score (nSPS) is 11.0. The van der Waals surface area contributed by atoms with E-state index >= 15 is 0 Å². The standard InChI is InChI=1S/C20H13N5O6/c1-10-6-28-18(21-10)13-7-29-16(23-13)11-4-3-5-12(22-11)17-24-14(8-30-17)19-25-15(9-31-19)20(26)27-2/h3-9H,1-2H3. The molecule has 11 nitrogen and oxygen atoms in total. The van der Waals surface area contributed by atoms with Gasteiger partial charge in [-0.25, -0.2) is 29.7 Å². The van der Waals surface area contributed by atoms with Crippen LogP contribution < -0.4 is 0 Å². The topological polar surface area (TPSA) is 143 Å². The molecule has 5 rings (SSSR count). The number of carbonyl (C=O) groups is 1. The van der Waals surface area contributed by atoms with Crippen molar-refractivity contribution in [2.24, 2.45) is 0 Å². The highest BCUT2D eigenvalue weighted by atomic mass is 16.5. The Morgan fingerprint density at radius 3 is 1.84 bits per heavy atom. The fourth-order valence-electron chi connectivity index (χ4n) is 2.71. The first kappa shape index (κ1) is 18.5. The molecule has 0 aliphatic carbocycles. The van der Waals surface area contributed by atoms with Crippen LogP contribution in [0.4, 0.5) is 0 Å². The Balaban J connectivity index is 1.42. The van der Waals surface area contributed by atoms with Crippen molar-refractivity contribution in [3.05, 3.63) is 54.6 Å².